The number of ether oxygens (including phenoxy) is 2. The van der Waals surface area contributed by atoms with Crippen molar-refractivity contribution in [2.24, 2.45) is 0 Å². The molecule has 0 bridgehead atoms. The molecule has 0 saturated carbocycles. The summed E-state index contributed by atoms with van der Waals surface area (Å²) >= 11 is 0. The lowest BCUT2D eigenvalue weighted by atomic mass is 10.2. The van der Waals surface area contributed by atoms with Gasteiger partial charge in [0, 0.05) is 31.2 Å². The van der Waals surface area contributed by atoms with Gasteiger partial charge in [0.2, 0.25) is 5.95 Å². The molecule has 0 aliphatic heterocycles. The van der Waals surface area contributed by atoms with Gasteiger partial charge in [0.05, 0.1) is 19.8 Å². The summed E-state index contributed by atoms with van der Waals surface area (Å²) in [7, 11) is 3.20. The van der Waals surface area contributed by atoms with Gasteiger partial charge in [-0.25, -0.2) is 9.97 Å². The number of carbonyl (C=O) groups excluding carboxylic acids is 1. The van der Waals surface area contributed by atoms with E-state index in [-0.39, 0.29) is 5.91 Å². The van der Waals surface area contributed by atoms with Crippen LogP contribution in [0.1, 0.15) is 22.8 Å². The zero-order valence-corrected chi connectivity index (χ0v) is 16.8. The van der Waals surface area contributed by atoms with Crippen LogP contribution in [-0.2, 0) is 6.54 Å². The Balaban J connectivity index is 1.66. The molecule has 29 heavy (non-hydrogen) atoms. The number of carbonyl (C=O) groups is 1. The minimum Gasteiger partial charge on any atom is -0.493 e. The topological polar surface area (TPSA) is 76.6 Å². The third kappa shape index (κ3) is 4.82. The van der Waals surface area contributed by atoms with Crippen molar-refractivity contribution in [3.63, 3.8) is 0 Å². The normalized spacial score (nSPS) is 10.3. The highest BCUT2D eigenvalue weighted by Crippen LogP contribution is 2.27. The van der Waals surface area contributed by atoms with E-state index in [1.807, 2.05) is 55.5 Å². The van der Waals surface area contributed by atoms with Crippen LogP contribution in [0.5, 0.6) is 11.5 Å². The van der Waals surface area contributed by atoms with E-state index in [9.17, 15) is 4.79 Å². The van der Waals surface area contributed by atoms with Crippen LogP contribution in [0.4, 0.5) is 11.6 Å². The number of nitrogens with zero attached hydrogens (tertiary/aromatic N) is 3. The minimum absolute atomic E-state index is 0.134. The summed E-state index contributed by atoms with van der Waals surface area (Å²) in [6.07, 6.45) is 3.08. The fourth-order valence-corrected chi connectivity index (χ4v) is 2.91. The summed E-state index contributed by atoms with van der Waals surface area (Å²) in [6, 6.07) is 15.2. The maximum absolute atomic E-state index is 12.8. The Labute approximate surface area is 170 Å². The smallest absolute Gasteiger partial charge is 0.261 e. The summed E-state index contributed by atoms with van der Waals surface area (Å²) in [6.45, 7) is 3.01. The third-order valence-corrected chi connectivity index (χ3v) is 4.43. The average molecular weight is 392 g/mol. The average Bonchev–Trinajstić information content (AvgIpc) is 2.79. The van der Waals surface area contributed by atoms with Gasteiger partial charge in [-0.15, -0.1) is 0 Å². The molecule has 0 unspecified atom stereocenters. The van der Waals surface area contributed by atoms with Gasteiger partial charge >= 0.3 is 0 Å². The summed E-state index contributed by atoms with van der Waals surface area (Å²) in [5, 5.41) is 3.15. The molecule has 3 aromatic rings. The van der Waals surface area contributed by atoms with E-state index in [0.717, 1.165) is 11.3 Å². The third-order valence-electron chi connectivity index (χ3n) is 4.43. The van der Waals surface area contributed by atoms with Crippen LogP contribution in [0.3, 0.4) is 0 Å². The van der Waals surface area contributed by atoms with Crippen molar-refractivity contribution in [2.45, 2.75) is 13.5 Å². The minimum atomic E-state index is -0.134. The Hall–Kier alpha value is -3.61. The molecule has 1 amide bonds. The first-order chi connectivity index (χ1) is 14.2. The maximum atomic E-state index is 12.8. The van der Waals surface area contributed by atoms with Crippen molar-refractivity contribution >= 4 is 17.5 Å². The number of amides is 1. The Morgan fingerprint density at radius 2 is 1.69 bits per heavy atom. The predicted octanol–water partition coefficient (Wildman–Crippen LogP) is 3.77. The van der Waals surface area contributed by atoms with Crippen molar-refractivity contribution in [2.75, 3.05) is 31.0 Å². The number of hydrogen-bond acceptors (Lipinski definition) is 6. The molecule has 1 aromatic heterocycles. The number of methoxy groups -OCH3 is 2. The molecule has 0 atom stereocenters. The highest BCUT2D eigenvalue weighted by Gasteiger charge is 2.16. The predicted molar refractivity (Wildman–Crippen MR) is 113 cm³/mol. The molecular formula is C22H24N4O3. The van der Waals surface area contributed by atoms with Gasteiger partial charge in [-0.1, -0.05) is 24.3 Å². The van der Waals surface area contributed by atoms with Gasteiger partial charge in [-0.3, -0.25) is 4.79 Å². The zero-order chi connectivity index (χ0) is 20.6. The van der Waals surface area contributed by atoms with Gasteiger partial charge in [0.1, 0.15) is 0 Å². The van der Waals surface area contributed by atoms with E-state index >= 15 is 0 Å². The van der Waals surface area contributed by atoms with Gasteiger partial charge in [0.15, 0.2) is 11.5 Å². The van der Waals surface area contributed by atoms with Gasteiger partial charge in [0.25, 0.3) is 5.91 Å². The number of benzene rings is 2. The van der Waals surface area contributed by atoms with Gasteiger partial charge in [-0.05, 0) is 36.8 Å². The van der Waals surface area contributed by atoms with Crippen LogP contribution in [-0.4, -0.2) is 36.6 Å². The van der Waals surface area contributed by atoms with Crippen molar-refractivity contribution < 1.29 is 14.3 Å². The lowest BCUT2D eigenvalue weighted by Gasteiger charge is -2.20. The van der Waals surface area contributed by atoms with Crippen LogP contribution in [0.2, 0.25) is 0 Å². The number of nitrogens with one attached hydrogen (secondary N) is 1. The molecule has 0 spiro atoms. The second-order valence-electron chi connectivity index (χ2n) is 6.22. The maximum Gasteiger partial charge on any atom is 0.261 e. The molecule has 0 radical (unpaired) electrons. The standard InChI is InChI=1S/C22H24N4O3/c1-4-26(18-8-6-5-7-9-18)21(27)17-14-24-22(25-15-17)23-13-16-10-11-19(28-2)20(12-16)29-3/h5-12,14-15H,4,13H2,1-3H3,(H,23,24,25). The zero-order valence-electron chi connectivity index (χ0n) is 16.8. The van der Waals surface area contributed by atoms with Crippen molar-refractivity contribution in [3.8, 4) is 11.5 Å². The summed E-state index contributed by atoms with van der Waals surface area (Å²) < 4.78 is 10.6. The molecule has 7 nitrogen and oxygen atoms in total. The molecule has 2 aromatic carbocycles. The van der Waals surface area contributed by atoms with Crippen LogP contribution < -0.4 is 19.7 Å². The van der Waals surface area contributed by atoms with Gasteiger partial charge < -0.3 is 19.7 Å². The molecule has 3 rings (SSSR count). The number of para-hydroxylation sites is 1. The Kier molecular flexibility index (Phi) is 6.63. The highest BCUT2D eigenvalue weighted by molar-refractivity contribution is 6.05. The number of aromatic nitrogens is 2. The van der Waals surface area contributed by atoms with Crippen molar-refractivity contribution in [1.29, 1.82) is 0 Å². The Bertz CT molecular complexity index is 946. The molecule has 0 aliphatic carbocycles. The molecule has 7 heteroatoms. The molecule has 1 N–H and O–H groups in total. The van der Waals surface area contributed by atoms with E-state index in [0.29, 0.717) is 36.1 Å². The molecule has 1 heterocycles. The van der Waals surface area contributed by atoms with Gasteiger partial charge in [-0.2, -0.15) is 0 Å². The summed E-state index contributed by atoms with van der Waals surface area (Å²) in [4.78, 5) is 23.0. The van der Waals surface area contributed by atoms with Crippen molar-refractivity contribution in [1.82, 2.24) is 9.97 Å². The van der Waals surface area contributed by atoms with E-state index in [2.05, 4.69) is 15.3 Å². The van der Waals surface area contributed by atoms with Crippen molar-refractivity contribution in [3.05, 3.63) is 72.1 Å². The van der Waals surface area contributed by atoms with Crippen LogP contribution >= 0.6 is 0 Å². The van der Waals surface area contributed by atoms with E-state index in [1.54, 1.807) is 19.1 Å². The highest BCUT2D eigenvalue weighted by atomic mass is 16.5. The monoisotopic (exact) mass is 392 g/mol. The fourth-order valence-electron chi connectivity index (χ4n) is 2.91. The number of rotatable bonds is 8. The second-order valence-corrected chi connectivity index (χ2v) is 6.22. The lowest BCUT2D eigenvalue weighted by molar-refractivity contribution is 0.0987. The lowest BCUT2D eigenvalue weighted by Crippen LogP contribution is -2.30. The SMILES string of the molecule is CCN(C(=O)c1cnc(NCc2ccc(OC)c(OC)c2)nc1)c1ccccc1. The first kappa shape index (κ1) is 20.1. The first-order valence-electron chi connectivity index (χ1n) is 9.30. The first-order valence-corrected chi connectivity index (χ1v) is 9.30. The summed E-state index contributed by atoms with van der Waals surface area (Å²) in [5.41, 5.74) is 2.27. The van der Waals surface area contributed by atoms with E-state index in [1.165, 1.54) is 12.4 Å². The van der Waals surface area contributed by atoms with E-state index < -0.39 is 0 Å². The molecule has 0 fully saturated rings. The van der Waals surface area contributed by atoms with Crippen LogP contribution in [0, 0.1) is 0 Å². The molecule has 0 aliphatic rings. The molecule has 0 saturated heterocycles. The second kappa shape index (κ2) is 9.54. The Morgan fingerprint density at radius 3 is 2.31 bits per heavy atom. The Morgan fingerprint density at radius 1 is 1.00 bits per heavy atom. The largest absolute Gasteiger partial charge is 0.493 e. The molecule has 150 valence electrons. The number of anilines is 2. The van der Waals surface area contributed by atoms with E-state index in [4.69, 9.17) is 9.47 Å². The van der Waals surface area contributed by atoms with Crippen LogP contribution in [0.25, 0.3) is 0 Å². The fraction of sp³-hybridized carbons (Fsp3) is 0.227. The summed E-state index contributed by atoms with van der Waals surface area (Å²) in [5.74, 6) is 1.65. The quantitative estimate of drug-likeness (QED) is 0.629. The molecular weight excluding hydrogens is 368 g/mol. The van der Waals surface area contributed by atoms with Crippen LogP contribution in [0.15, 0.2) is 60.9 Å². The number of hydrogen-bond donors (Lipinski definition) is 1.